The van der Waals surface area contributed by atoms with Crippen LogP contribution in [-0.4, -0.2) is 33.7 Å². The number of carbonyl (C=O) groups is 1. The molecule has 1 saturated carbocycles. The van der Waals surface area contributed by atoms with Crippen LogP contribution in [0.1, 0.15) is 44.9 Å². The normalized spacial score (nSPS) is 23.7. The SMILES string of the molecule is CC1=C(CO)SC(c2csc(NC(=O)C3CC(OCc4cccnc4)C3)n2)=C(C)C1C. The molecule has 1 aliphatic carbocycles. The highest BCUT2D eigenvalue weighted by atomic mass is 32.2. The molecule has 2 N–H and O–H groups in total. The fourth-order valence-electron chi connectivity index (χ4n) is 3.71. The number of aliphatic hydroxyl groups excluding tert-OH is 1. The van der Waals surface area contributed by atoms with Crippen LogP contribution in [0.15, 0.2) is 46.0 Å². The van der Waals surface area contributed by atoms with Crippen molar-refractivity contribution in [2.24, 2.45) is 11.8 Å². The van der Waals surface area contributed by atoms with Gasteiger partial charge in [-0.2, -0.15) is 0 Å². The first-order valence-corrected chi connectivity index (χ1v) is 12.1. The zero-order chi connectivity index (χ0) is 22.0. The fourth-order valence-corrected chi connectivity index (χ4v) is 5.69. The number of thioether (sulfide) groups is 1. The van der Waals surface area contributed by atoms with Gasteiger partial charge in [-0.3, -0.25) is 9.78 Å². The molecule has 2 aromatic heterocycles. The second-order valence-corrected chi connectivity index (χ2v) is 10.1. The second-order valence-electron chi connectivity index (χ2n) is 8.09. The van der Waals surface area contributed by atoms with Crippen LogP contribution in [-0.2, 0) is 16.1 Å². The van der Waals surface area contributed by atoms with E-state index in [1.165, 1.54) is 22.5 Å². The van der Waals surface area contributed by atoms with E-state index >= 15 is 0 Å². The summed E-state index contributed by atoms with van der Waals surface area (Å²) >= 11 is 3.02. The highest BCUT2D eigenvalue weighted by molar-refractivity contribution is 8.11. The smallest absolute Gasteiger partial charge is 0.229 e. The topological polar surface area (TPSA) is 84.3 Å². The van der Waals surface area contributed by atoms with Crippen LogP contribution in [0.2, 0.25) is 0 Å². The summed E-state index contributed by atoms with van der Waals surface area (Å²) in [6.45, 7) is 6.90. The maximum Gasteiger partial charge on any atom is 0.229 e. The first kappa shape index (κ1) is 22.2. The van der Waals surface area contributed by atoms with E-state index in [9.17, 15) is 9.90 Å². The van der Waals surface area contributed by atoms with Crippen molar-refractivity contribution in [1.82, 2.24) is 9.97 Å². The Morgan fingerprint density at radius 2 is 2.13 bits per heavy atom. The third kappa shape index (κ3) is 4.92. The highest BCUT2D eigenvalue weighted by Gasteiger charge is 2.35. The Bertz CT molecular complexity index is 1010. The van der Waals surface area contributed by atoms with Gasteiger partial charge in [0.25, 0.3) is 0 Å². The van der Waals surface area contributed by atoms with E-state index in [1.54, 1.807) is 24.2 Å². The molecule has 164 valence electrons. The molecule has 1 unspecified atom stereocenters. The fraction of sp³-hybridized carbons (Fsp3) is 0.435. The Hall–Kier alpha value is -2.00. The number of amides is 1. The van der Waals surface area contributed by atoms with Gasteiger partial charge in [-0.05, 0) is 44.2 Å². The molecule has 8 heteroatoms. The van der Waals surface area contributed by atoms with Gasteiger partial charge in [0.2, 0.25) is 5.91 Å². The predicted octanol–water partition coefficient (Wildman–Crippen LogP) is 4.85. The maximum absolute atomic E-state index is 12.6. The number of rotatable bonds is 7. The second kappa shape index (κ2) is 9.65. The van der Waals surface area contributed by atoms with Crippen LogP contribution in [0.5, 0.6) is 0 Å². The molecule has 0 radical (unpaired) electrons. The molecule has 2 aromatic rings. The zero-order valence-electron chi connectivity index (χ0n) is 17.9. The minimum Gasteiger partial charge on any atom is -0.391 e. The van der Waals surface area contributed by atoms with Crippen molar-refractivity contribution in [3.63, 3.8) is 0 Å². The Balaban J connectivity index is 1.30. The first-order chi connectivity index (χ1) is 15.0. The number of pyridine rings is 1. The molecule has 1 atom stereocenters. The Kier molecular flexibility index (Phi) is 6.91. The number of anilines is 1. The molecule has 0 saturated heterocycles. The summed E-state index contributed by atoms with van der Waals surface area (Å²) in [6.07, 6.45) is 5.11. The standard InChI is InChI=1S/C23H27N3O3S2/c1-13-14(2)20(10-27)31-21(15(13)3)19-12-30-23(25-19)26-22(28)17-7-18(8-17)29-11-16-5-4-6-24-9-16/h4-6,9,12-13,17-18,27H,7-8,10-11H2,1-3H3,(H,25,26,28). The molecule has 1 amide bonds. The monoisotopic (exact) mass is 457 g/mol. The van der Waals surface area contributed by atoms with Crippen LogP contribution in [0.25, 0.3) is 4.91 Å². The number of thiazole rings is 1. The Labute approximate surface area is 190 Å². The lowest BCUT2D eigenvalue weighted by Crippen LogP contribution is -2.39. The lowest BCUT2D eigenvalue weighted by atomic mass is 9.81. The minimum absolute atomic E-state index is 0.00396. The summed E-state index contributed by atoms with van der Waals surface area (Å²) < 4.78 is 5.86. The van der Waals surface area contributed by atoms with Gasteiger partial charge < -0.3 is 15.2 Å². The number of aliphatic hydroxyl groups is 1. The van der Waals surface area contributed by atoms with Crippen molar-refractivity contribution >= 4 is 39.0 Å². The lowest BCUT2D eigenvalue weighted by molar-refractivity contribution is -0.129. The number of allylic oxidation sites excluding steroid dienone is 2. The number of nitrogens with zero attached hydrogens (tertiary/aromatic N) is 2. The van der Waals surface area contributed by atoms with E-state index in [0.29, 0.717) is 11.7 Å². The van der Waals surface area contributed by atoms with E-state index in [1.807, 2.05) is 17.5 Å². The molecular formula is C23H27N3O3S2. The molecule has 0 bridgehead atoms. The van der Waals surface area contributed by atoms with Crippen molar-refractivity contribution in [3.05, 3.63) is 57.2 Å². The van der Waals surface area contributed by atoms with Crippen LogP contribution < -0.4 is 5.32 Å². The van der Waals surface area contributed by atoms with Crippen molar-refractivity contribution in [3.8, 4) is 0 Å². The van der Waals surface area contributed by atoms with Gasteiger partial charge in [-0.15, -0.1) is 11.3 Å². The molecule has 4 rings (SSSR count). The third-order valence-electron chi connectivity index (χ3n) is 6.11. The molecule has 1 fully saturated rings. The van der Waals surface area contributed by atoms with Gasteiger partial charge in [0, 0.05) is 33.5 Å². The van der Waals surface area contributed by atoms with Crippen LogP contribution in [0, 0.1) is 11.8 Å². The van der Waals surface area contributed by atoms with E-state index in [0.717, 1.165) is 33.9 Å². The van der Waals surface area contributed by atoms with E-state index < -0.39 is 0 Å². The van der Waals surface area contributed by atoms with E-state index in [2.05, 4.69) is 36.1 Å². The number of aromatic nitrogens is 2. The molecule has 31 heavy (non-hydrogen) atoms. The number of nitrogens with one attached hydrogen (secondary N) is 1. The molecule has 0 spiro atoms. The van der Waals surface area contributed by atoms with Gasteiger partial charge in [0.15, 0.2) is 5.13 Å². The third-order valence-corrected chi connectivity index (χ3v) is 8.30. The molecule has 3 heterocycles. The summed E-state index contributed by atoms with van der Waals surface area (Å²) in [6, 6.07) is 3.88. The number of carbonyl (C=O) groups excluding carboxylic acids is 1. The summed E-state index contributed by atoms with van der Waals surface area (Å²) in [5.41, 5.74) is 4.36. The van der Waals surface area contributed by atoms with Crippen molar-refractivity contribution < 1.29 is 14.6 Å². The Morgan fingerprint density at radius 1 is 1.32 bits per heavy atom. The van der Waals surface area contributed by atoms with Crippen LogP contribution >= 0.6 is 23.1 Å². The van der Waals surface area contributed by atoms with E-state index in [4.69, 9.17) is 4.74 Å². The molecule has 6 nitrogen and oxygen atoms in total. The number of hydrogen-bond acceptors (Lipinski definition) is 7. The maximum atomic E-state index is 12.6. The highest BCUT2D eigenvalue weighted by Crippen LogP contribution is 2.46. The van der Waals surface area contributed by atoms with Gasteiger partial charge in [-0.25, -0.2) is 4.98 Å². The van der Waals surface area contributed by atoms with Crippen molar-refractivity contribution in [2.75, 3.05) is 11.9 Å². The van der Waals surface area contributed by atoms with Gasteiger partial charge in [0.1, 0.15) is 0 Å². The summed E-state index contributed by atoms with van der Waals surface area (Å²) in [4.78, 5) is 23.4. The summed E-state index contributed by atoms with van der Waals surface area (Å²) in [7, 11) is 0. The lowest BCUT2D eigenvalue weighted by Gasteiger charge is -2.33. The van der Waals surface area contributed by atoms with Gasteiger partial charge >= 0.3 is 0 Å². The van der Waals surface area contributed by atoms with E-state index in [-0.39, 0.29) is 30.5 Å². The van der Waals surface area contributed by atoms with Crippen LogP contribution in [0.4, 0.5) is 5.13 Å². The molecule has 2 aliphatic rings. The van der Waals surface area contributed by atoms with Gasteiger partial charge in [-0.1, -0.05) is 35.9 Å². The first-order valence-electron chi connectivity index (χ1n) is 10.4. The predicted molar refractivity (Wildman–Crippen MR) is 125 cm³/mol. The Morgan fingerprint density at radius 3 is 2.84 bits per heavy atom. The van der Waals surface area contributed by atoms with Crippen molar-refractivity contribution in [2.45, 2.75) is 46.3 Å². The van der Waals surface area contributed by atoms with Crippen LogP contribution in [0.3, 0.4) is 0 Å². The summed E-state index contributed by atoms with van der Waals surface area (Å²) in [5.74, 6) is 0.240. The molecule has 0 aromatic carbocycles. The van der Waals surface area contributed by atoms with Gasteiger partial charge in [0.05, 0.1) is 25.0 Å². The molecule has 1 aliphatic heterocycles. The summed E-state index contributed by atoms with van der Waals surface area (Å²) in [5, 5.41) is 15.2. The quantitative estimate of drug-likeness (QED) is 0.618. The average molecular weight is 458 g/mol. The number of ether oxygens (including phenoxy) is 1. The largest absolute Gasteiger partial charge is 0.391 e. The molecular weight excluding hydrogens is 430 g/mol. The zero-order valence-corrected chi connectivity index (χ0v) is 19.6. The average Bonchev–Trinajstić information content (AvgIpc) is 3.20. The number of hydrogen-bond donors (Lipinski definition) is 2. The van der Waals surface area contributed by atoms with Crippen molar-refractivity contribution in [1.29, 1.82) is 0 Å². The minimum atomic E-state index is -0.0390.